The van der Waals surface area contributed by atoms with Crippen LogP contribution in [0.5, 0.6) is 0 Å². The van der Waals surface area contributed by atoms with Crippen LogP contribution in [0.2, 0.25) is 0 Å². The molecule has 0 aliphatic heterocycles. The molecule has 0 fully saturated rings. The average Bonchev–Trinajstić information content (AvgIpc) is 2.91. The van der Waals surface area contributed by atoms with E-state index >= 15 is 0 Å². The number of aromatic amines is 1. The Bertz CT molecular complexity index is 779. The first-order valence-corrected chi connectivity index (χ1v) is 7.53. The molecule has 0 saturated carbocycles. The largest absolute Gasteiger partial charge is 0.331 e. The van der Waals surface area contributed by atoms with Gasteiger partial charge in [-0.3, -0.25) is 0 Å². The number of fused-ring (bicyclic) bond motifs is 1. The van der Waals surface area contributed by atoms with Gasteiger partial charge in [0.15, 0.2) is 4.77 Å². The van der Waals surface area contributed by atoms with Crippen LogP contribution >= 0.6 is 23.6 Å². The van der Waals surface area contributed by atoms with Crippen LogP contribution in [0, 0.1) is 18.6 Å². The number of imidazole rings is 1. The fraction of sp³-hybridized carbons (Fsp3) is 0.286. The normalized spacial score (nSPS) is 11.3. The Kier molecular flexibility index (Phi) is 3.24. The second kappa shape index (κ2) is 4.90. The number of para-hydroxylation sites is 1. The van der Waals surface area contributed by atoms with Crippen LogP contribution in [0.25, 0.3) is 11.0 Å². The number of nitrogens with zero attached hydrogens (tertiary/aromatic N) is 2. The van der Waals surface area contributed by atoms with Gasteiger partial charge in [0.2, 0.25) is 0 Å². The van der Waals surface area contributed by atoms with Gasteiger partial charge in [-0.1, -0.05) is 12.1 Å². The van der Waals surface area contributed by atoms with Crippen LogP contribution in [-0.4, -0.2) is 14.5 Å². The fourth-order valence-corrected chi connectivity index (χ4v) is 3.40. The van der Waals surface area contributed by atoms with Crippen molar-refractivity contribution in [3.05, 3.63) is 44.6 Å². The Hall–Kier alpha value is -1.46. The van der Waals surface area contributed by atoms with Crippen LogP contribution in [0.3, 0.4) is 0 Å². The summed E-state index contributed by atoms with van der Waals surface area (Å²) < 4.78 is 2.97. The van der Waals surface area contributed by atoms with Gasteiger partial charge in [0.25, 0.3) is 0 Å². The van der Waals surface area contributed by atoms with Gasteiger partial charge in [0.05, 0.1) is 16.0 Å². The lowest BCUT2D eigenvalue weighted by atomic mass is 10.2. The molecule has 3 nitrogen and oxygen atoms in total. The second-order valence-electron chi connectivity index (χ2n) is 4.69. The number of rotatable bonds is 3. The van der Waals surface area contributed by atoms with Crippen molar-refractivity contribution < 1.29 is 0 Å². The Labute approximate surface area is 120 Å². The van der Waals surface area contributed by atoms with E-state index in [4.69, 9.17) is 12.2 Å². The molecule has 1 aromatic carbocycles. The lowest BCUT2D eigenvalue weighted by Gasteiger charge is -2.05. The third kappa shape index (κ3) is 2.35. The van der Waals surface area contributed by atoms with Crippen molar-refractivity contribution in [3.8, 4) is 0 Å². The van der Waals surface area contributed by atoms with E-state index in [0.717, 1.165) is 28.9 Å². The van der Waals surface area contributed by atoms with Gasteiger partial charge in [0, 0.05) is 24.0 Å². The molecule has 0 bridgehead atoms. The first-order chi connectivity index (χ1) is 9.15. The van der Waals surface area contributed by atoms with Crippen LogP contribution < -0.4 is 0 Å². The molecule has 0 atom stereocenters. The lowest BCUT2D eigenvalue weighted by Crippen LogP contribution is -2.02. The summed E-state index contributed by atoms with van der Waals surface area (Å²) in [5.74, 6) is 0. The second-order valence-corrected chi connectivity index (χ2v) is 6.01. The standard InChI is InChI=1S/C14H15N3S2/c1-9-4-3-5-11-13(9)17(14(18)16-11)7-6-12-15-10(2)8-19-12/h3-5,8H,6-7H2,1-2H3,(H,16,18). The van der Waals surface area contributed by atoms with Crippen LogP contribution in [-0.2, 0) is 13.0 Å². The lowest BCUT2D eigenvalue weighted by molar-refractivity contribution is 0.701. The highest BCUT2D eigenvalue weighted by Gasteiger charge is 2.07. The Morgan fingerprint density at radius 2 is 2.21 bits per heavy atom. The van der Waals surface area contributed by atoms with Crippen LogP contribution in [0.1, 0.15) is 16.3 Å². The molecule has 0 aliphatic rings. The summed E-state index contributed by atoms with van der Waals surface area (Å²) in [6, 6.07) is 6.24. The maximum Gasteiger partial charge on any atom is 0.178 e. The average molecular weight is 289 g/mol. The van der Waals surface area contributed by atoms with Crippen molar-refractivity contribution in [1.82, 2.24) is 14.5 Å². The number of aromatic nitrogens is 3. The van der Waals surface area contributed by atoms with Crippen molar-refractivity contribution >= 4 is 34.6 Å². The number of thiazole rings is 1. The summed E-state index contributed by atoms with van der Waals surface area (Å²) in [6.07, 6.45) is 0.925. The summed E-state index contributed by atoms with van der Waals surface area (Å²) in [5, 5.41) is 3.26. The highest BCUT2D eigenvalue weighted by Crippen LogP contribution is 2.19. The molecule has 0 saturated heterocycles. The van der Waals surface area contributed by atoms with Crippen molar-refractivity contribution in [2.75, 3.05) is 0 Å². The highest BCUT2D eigenvalue weighted by atomic mass is 32.1. The number of H-pyrrole nitrogens is 1. The van der Waals surface area contributed by atoms with Gasteiger partial charge in [-0.05, 0) is 37.7 Å². The first kappa shape index (κ1) is 12.6. The van der Waals surface area contributed by atoms with Crippen LogP contribution in [0.4, 0.5) is 0 Å². The van der Waals surface area contributed by atoms with E-state index in [1.54, 1.807) is 11.3 Å². The monoisotopic (exact) mass is 289 g/mol. The molecule has 0 spiro atoms. The minimum absolute atomic E-state index is 0.789. The molecule has 2 heterocycles. The van der Waals surface area contributed by atoms with Crippen LogP contribution in [0.15, 0.2) is 23.6 Å². The third-order valence-electron chi connectivity index (χ3n) is 3.21. The molecule has 98 valence electrons. The molecular weight excluding hydrogens is 274 g/mol. The fourth-order valence-electron chi connectivity index (χ4n) is 2.34. The maximum absolute atomic E-state index is 5.42. The Morgan fingerprint density at radius 3 is 2.95 bits per heavy atom. The molecule has 0 radical (unpaired) electrons. The predicted molar refractivity (Wildman–Crippen MR) is 82.4 cm³/mol. The van der Waals surface area contributed by atoms with E-state index in [-0.39, 0.29) is 0 Å². The molecule has 0 amide bonds. The Balaban J connectivity index is 1.96. The number of benzene rings is 1. The number of nitrogens with one attached hydrogen (secondary N) is 1. The van der Waals surface area contributed by atoms with Gasteiger partial charge in [-0.15, -0.1) is 11.3 Å². The summed E-state index contributed by atoms with van der Waals surface area (Å²) >= 11 is 7.14. The smallest absolute Gasteiger partial charge is 0.178 e. The molecule has 0 aliphatic carbocycles. The van der Waals surface area contributed by atoms with E-state index < -0.39 is 0 Å². The zero-order valence-electron chi connectivity index (χ0n) is 10.9. The zero-order valence-corrected chi connectivity index (χ0v) is 12.6. The minimum Gasteiger partial charge on any atom is -0.331 e. The van der Waals surface area contributed by atoms with Crippen molar-refractivity contribution in [2.24, 2.45) is 0 Å². The number of hydrogen-bond acceptors (Lipinski definition) is 3. The van der Waals surface area contributed by atoms with E-state index in [1.807, 2.05) is 6.92 Å². The molecule has 19 heavy (non-hydrogen) atoms. The summed E-state index contributed by atoms with van der Waals surface area (Å²) in [7, 11) is 0. The summed E-state index contributed by atoms with van der Waals surface area (Å²) in [6.45, 7) is 5.02. The minimum atomic E-state index is 0.789. The molecule has 5 heteroatoms. The van der Waals surface area contributed by atoms with E-state index in [1.165, 1.54) is 16.1 Å². The molecular formula is C14H15N3S2. The van der Waals surface area contributed by atoms with Gasteiger partial charge in [-0.25, -0.2) is 4.98 Å². The quantitative estimate of drug-likeness (QED) is 0.739. The predicted octanol–water partition coefficient (Wildman–Crippen LogP) is 4.01. The maximum atomic E-state index is 5.42. The van der Waals surface area contributed by atoms with Gasteiger partial charge < -0.3 is 9.55 Å². The SMILES string of the molecule is Cc1csc(CCn2c(=S)[nH]c3cccc(C)c32)n1. The van der Waals surface area contributed by atoms with E-state index in [9.17, 15) is 0 Å². The van der Waals surface area contributed by atoms with Crippen molar-refractivity contribution in [1.29, 1.82) is 0 Å². The number of aryl methyl sites for hydroxylation is 4. The third-order valence-corrected chi connectivity index (χ3v) is 4.56. The Morgan fingerprint density at radius 1 is 1.37 bits per heavy atom. The number of hydrogen-bond donors (Lipinski definition) is 1. The highest BCUT2D eigenvalue weighted by molar-refractivity contribution is 7.71. The summed E-state index contributed by atoms with van der Waals surface area (Å²) in [5.41, 5.74) is 4.67. The van der Waals surface area contributed by atoms with Crippen molar-refractivity contribution in [2.45, 2.75) is 26.8 Å². The molecule has 1 N–H and O–H groups in total. The summed E-state index contributed by atoms with van der Waals surface area (Å²) in [4.78, 5) is 7.77. The van der Waals surface area contributed by atoms with Gasteiger partial charge in [0.1, 0.15) is 0 Å². The zero-order chi connectivity index (χ0) is 13.4. The van der Waals surface area contributed by atoms with E-state index in [0.29, 0.717) is 0 Å². The van der Waals surface area contributed by atoms with Crippen molar-refractivity contribution in [3.63, 3.8) is 0 Å². The molecule has 3 aromatic rings. The molecule has 3 rings (SSSR count). The first-order valence-electron chi connectivity index (χ1n) is 6.24. The van der Waals surface area contributed by atoms with Gasteiger partial charge >= 0.3 is 0 Å². The topological polar surface area (TPSA) is 33.6 Å². The van der Waals surface area contributed by atoms with Gasteiger partial charge in [-0.2, -0.15) is 0 Å². The molecule has 2 aromatic heterocycles. The molecule has 0 unspecified atom stereocenters. The van der Waals surface area contributed by atoms with E-state index in [2.05, 4.69) is 45.0 Å².